The van der Waals surface area contributed by atoms with E-state index in [9.17, 15) is 4.79 Å². The SMILES string of the molecule is COc1ccc(-c2noc(-c3ccccc3NC(=O)C(C)C)n2)cc1OC. The van der Waals surface area contributed by atoms with Crippen molar-refractivity contribution >= 4 is 11.6 Å². The number of anilines is 1. The molecule has 0 spiro atoms. The summed E-state index contributed by atoms with van der Waals surface area (Å²) in [5.74, 6) is 1.71. The molecule has 0 saturated carbocycles. The molecule has 0 aliphatic rings. The van der Waals surface area contributed by atoms with Crippen LogP contribution in [0.25, 0.3) is 22.8 Å². The number of benzene rings is 2. The van der Waals surface area contributed by atoms with E-state index in [0.717, 1.165) is 5.56 Å². The number of carbonyl (C=O) groups is 1. The number of rotatable bonds is 6. The number of hydrogen-bond donors (Lipinski definition) is 1. The fraction of sp³-hybridized carbons (Fsp3) is 0.250. The van der Waals surface area contributed by atoms with Crippen LogP contribution in [-0.4, -0.2) is 30.3 Å². The van der Waals surface area contributed by atoms with Crippen molar-refractivity contribution in [3.8, 4) is 34.3 Å². The lowest BCUT2D eigenvalue weighted by Crippen LogP contribution is -2.18. The van der Waals surface area contributed by atoms with Crippen LogP contribution in [-0.2, 0) is 4.79 Å². The third-order valence-electron chi connectivity index (χ3n) is 4.01. The Balaban J connectivity index is 1.94. The molecule has 140 valence electrons. The Morgan fingerprint density at radius 1 is 1.07 bits per heavy atom. The molecular weight excluding hydrogens is 346 g/mol. The second-order valence-corrected chi connectivity index (χ2v) is 6.18. The zero-order chi connectivity index (χ0) is 19.4. The number of methoxy groups -OCH3 is 2. The van der Waals surface area contributed by atoms with Gasteiger partial charge in [0.1, 0.15) is 0 Å². The fourth-order valence-electron chi connectivity index (χ4n) is 2.48. The molecule has 7 heteroatoms. The molecule has 1 N–H and O–H groups in total. The number of aromatic nitrogens is 2. The number of nitrogens with zero attached hydrogens (tertiary/aromatic N) is 2. The van der Waals surface area contributed by atoms with Gasteiger partial charge in [0.2, 0.25) is 11.7 Å². The Bertz CT molecular complexity index is 950. The second-order valence-electron chi connectivity index (χ2n) is 6.18. The summed E-state index contributed by atoms with van der Waals surface area (Å²) in [5, 5.41) is 6.94. The minimum absolute atomic E-state index is 0.0814. The van der Waals surface area contributed by atoms with Gasteiger partial charge in [0, 0.05) is 11.5 Å². The van der Waals surface area contributed by atoms with Gasteiger partial charge in [0.05, 0.1) is 25.5 Å². The van der Waals surface area contributed by atoms with Gasteiger partial charge in [0.15, 0.2) is 11.5 Å². The first kappa shape index (κ1) is 18.4. The molecule has 0 aliphatic heterocycles. The summed E-state index contributed by atoms with van der Waals surface area (Å²) in [5.41, 5.74) is 2.01. The van der Waals surface area contributed by atoms with Crippen molar-refractivity contribution in [3.63, 3.8) is 0 Å². The van der Waals surface area contributed by atoms with Crippen molar-refractivity contribution in [3.05, 3.63) is 42.5 Å². The molecule has 0 unspecified atom stereocenters. The van der Waals surface area contributed by atoms with Crippen molar-refractivity contribution in [1.29, 1.82) is 0 Å². The quantitative estimate of drug-likeness (QED) is 0.708. The number of nitrogens with one attached hydrogen (secondary N) is 1. The van der Waals surface area contributed by atoms with E-state index in [1.165, 1.54) is 0 Å². The number of hydrogen-bond acceptors (Lipinski definition) is 6. The van der Waals surface area contributed by atoms with Gasteiger partial charge in [-0.1, -0.05) is 31.1 Å². The molecule has 27 heavy (non-hydrogen) atoms. The van der Waals surface area contributed by atoms with Gasteiger partial charge in [-0.3, -0.25) is 4.79 Å². The van der Waals surface area contributed by atoms with Crippen molar-refractivity contribution in [2.45, 2.75) is 13.8 Å². The maximum absolute atomic E-state index is 12.0. The van der Waals surface area contributed by atoms with Gasteiger partial charge in [-0.2, -0.15) is 4.98 Å². The topological polar surface area (TPSA) is 86.5 Å². The highest BCUT2D eigenvalue weighted by molar-refractivity contribution is 5.95. The van der Waals surface area contributed by atoms with Crippen LogP contribution in [0.1, 0.15) is 13.8 Å². The number of amides is 1. The molecule has 1 amide bonds. The molecule has 3 rings (SSSR count). The Labute approximate surface area is 157 Å². The van der Waals surface area contributed by atoms with Crippen LogP contribution in [0.5, 0.6) is 11.5 Å². The molecule has 0 aliphatic carbocycles. The first-order valence-electron chi connectivity index (χ1n) is 8.50. The monoisotopic (exact) mass is 367 g/mol. The molecule has 3 aromatic rings. The van der Waals surface area contributed by atoms with Gasteiger partial charge in [-0.25, -0.2) is 0 Å². The van der Waals surface area contributed by atoms with E-state index in [0.29, 0.717) is 34.5 Å². The summed E-state index contributed by atoms with van der Waals surface area (Å²) >= 11 is 0. The summed E-state index contributed by atoms with van der Waals surface area (Å²) in [6, 6.07) is 12.7. The van der Waals surface area contributed by atoms with E-state index < -0.39 is 0 Å². The molecule has 0 fully saturated rings. The largest absolute Gasteiger partial charge is 0.493 e. The van der Waals surface area contributed by atoms with Crippen molar-refractivity contribution in [2.24, 2.45) is 5.92 Å². The average Bonchev–Trinajstić information content (AvgIpc) is 3.17. The Morgan fingerprint density at radius 2 is 1.81 bits per heavy atom. The molecule has 7 nitrogen and oxygen atoms in total. The number of para-hydroxylation sites is 1. The highest BCUT2D eigenvalue weighted by Crippen LogP contribution is 2.33. The maximum atomic E-state index is 12.0. The summed E-state index contributed by atoms with van der Waals surface area (Å²) in [6.07, 6.45) is 0. The Hall–Kier alpha value is -3.35. The van der Waals surface area contributed by atoms with Crippen LogP contribution >= 0.6 is 0 Å². The van der Waals surface area contributed by atoms with E-state index in [1.54, 1.807) is 32.4 Å². The van der Waals surface area contributed by atoms with Crippen LogP contribution in [0.15, 0.2) is 47.0 Å². The summed E-state index contributed by atoms with van der Waals surface area (Å²) in [7, 11) is 3.14. The van der Waals surface area contributed by atoms with E-state index >= 15 is 0 Å². The van der Waals surface area contributed by atoms with Crippen molar-refractivity contribution in [1.82, 2.24) is 10.1 Å². The minimum atomic E-state index is -0.136. The zero-order valence-corrected chi connectivity index (χ0v) is 15.6. The first-order chi connectivity index (χ1) is 13.0. The standard InChI is InChI=1S/C20H21N3O4/c1-12(2)19(24)21-15-8-6-5-7-14(15)20-22-18(23-27-20)13-9-10-16(25-3)17(11-13)26-4/h5-12H,1-4H3,(H,21,24). The average molecular weight is 367 g/mol. The highest BCUT2D eigenvalue weighted by atomic mass is 16.5. The molecule has 0 atom stereocenters. The van der Waals surface area contributed by atoms with Crippen LogP contribution < -0.4 is 14.8 Å². The van der Waals surface area contributed by atoms with Crippen molar-refractivity contribution < 1.29 is 18.8 Å². The molecule has 0 bridgehead atoms. The smallest absolute Gasteiger partial charge is 0.260 e. The summed E-state index contributed by atoms with van der Waals surface area (Å²) < 4.78 is 16.0. The normalized spacial score (nSPS) is 10.7. The lowest BCUT2D eigenvalue weighted by molar-refractivity contribution is -0.118. The van der Waals surface area contributed by atoms with Gasteiger partial charge < -0.3 is 19.3 Å². The fourth-order valence-corrected chi connectivity index (χ4v) is 2.48. The van der Waals surface area contributed by atoms with Gasteiger partial charge >= 0.3 is 0 Å². The first-order valence-corrected chi connectivity index (χ1v) is 8.50. The van der Waals surface area contributed by atoms with Crippen LogP contribution in [0.4, 0.5) is 5.69 Å². The predicted molar refractivity (Wildman–Crippen MR) is 102 cm³/mol. The van der Waals surface area contributed by atoms with Crippen LogP contribution in [0, 0.1) is 5.92 Å². The molecular formula is C20H21N3O4. The molecule has 1 aromatic heterocycles. The third kappa shape index (κ3) is 3.92. The zero-order valence-electron chi connectivity index (χ0n) is 15.6. The highest BCUT2D eigenvalue weighted by Gasteiger charge is 2.17. The summed E-state index contributed by atoms with van der Waals surface area (Å²) in [4.78, 5) is 16.5. The van der Waals surface area contributed by atoms with Crippen molar-refractivity contribution in [2.75, 3.05) is 19.5 Å². The Kier molecular flexibility index (Phi) is 5.40. The maximum Gasteiger partial charge on any atom is 0.260 e. The predicted octanol–water partition coefficient (Wildman–Crippen LogP) is 4.02. The van der Waals surface area contributed by atoms with Gasteiger partial charge in [0.25, 0.3) is 5.89 Å². The van der Waals surface area contributed by atoms with Gasteiger partial charge in [-0.15, -0.1) is 0 Å². The minimum Gasteiger partial charge on any atom is -0.493 e. The summed E-state index contributed by atoms with van der Waals surface area (Å²) in [6.45, 7) is 3.67. The van der Waals surface area contributed by atoms with E-state index in [-0.39, 0.29) is 11.8 Å². The third-order valence-corrected chi connectivity index (χ3v) is 4.01. The molecule has 0 radical (unpaired) electrons. The number of ether oxygens (including phenoxy) is 2. The van der Waals surface area contributed by atoms with E-state index in [2.05, 4.69) is 15.5 Å². The molecule has 2 aromatic carbocycles. The number of carbonyl (C=O) groups excluding carboxylic acids is 1. The lowest BCUT2D eigenvalue weighted by Gasteiger charge is -2.10. The molecule has 0 saturated heterocycles. The van der Waals surface area contributed by atoms with Gasteiger partial charge in [-0.05, 0) is 30.3 Å². The Morgan fingerprint density at radius 3 is 2.52 bits per heavy atom. The van der Waals surface area contributed by atoms with E-state index in [1.807, 2.05) is 38.1 Å². The lowest BCUT2D eigenvalue weighted by atomic mass is 10.1. The second kappa shape index (κ2) is 7.90. The van der Waals surface area contributed by atoms with Crippen LogP contribution in [0.3, 0.4) is 0 Å². The van der Waals surface area contributed by atoms with E-state index in [4.69, 9.17) is 14.0 Å². The molecule has 1 heterocycles. The van der Waals surface area contributed by atoms with Crippen LogP contribution in [0.2, 0.25) is 0 Å².